The van der Waals surface area contributed by atoms with Gasteiger partial charge in [0.2, 0.25) is 0 Å². The molecule has 0 atom stereocenters. The predicted molar refractivity (Wildman–Crippen MR) is 101 cm³/mol. The van der Waals surface area contributed by atoms with Gasteiger partial charge in [-0.1, -0.05) is 32.9 Å². The minimum absolute atomic E-state index is 0.0717. The van der Waals surface area contributed by atoms with Gasteiger partial charge in [-0.25, -0.2) is 4.68 Å². The van der Waals surface area contributed by atoms with Gasteiger partial charge < -0.3 is 0 Å². The molecule has 25 heavy (non-hydrogen) atoms. The third-order valence-electron chi connectivity index (χ3n) is 4.19. The number of benzene rings is 1. The fourth-order valence-corrected chi connectivity index (χ4v) is 2.84. The molecule has 0 aliphatic carbocycles. The van der Waals surface area contributed by atoms with Gasteiger partial charge in [0.15, 0.2) is 0 Å². The van der Waals surface area contributed by atoms with Gasteiger partial charge in [0.1, 0.15) is 0 Å². The van der Waals surface area contributed by atoms with Crippen molar-refractivity contribution in [2.45, 2.75) is 46.2 Å². The lowest BCUT2D eigenvalue weighted by molar-refractivity contribution is 0.315. The summed E-state index contributed by atoms with van der Waals surface area (Å²) in [5.41, 5.74) is 5.83. The van der Waals surface area contributed by atoms with Crippen LogP contribution in [0.15, 0.2) is 42.7 Å². The molecule has 132 valence electrons. The highest BCUT2D eigenvalue weighted by atomic mass is 15.3. The van der Waals surface area contributed by atoms with Crippen molar-refractivity contribution in [3.05, 3.63) is 65.2 Å². The first kappa shape index (κ1) is 17.4. The van der Waals surface area contributed by atoms with Crippen molar-refractivity contribution in [3.8, 4) is 5.69 Å². The normalized spacial score (nSPS) is 12.1. The molecular weight excluding hydrogens is 310 g/mol. The Kier molecular flexibility index (Phi) is 4.77. The van der Waals surface area contributed by atoms with Crippen LogP contribution in [0, 0.1) is 6.92 Å². The van der Waals surface area contributed by atoms with Crippen LogP contribution in [0.4, 0.5) is 0 Å². The van der Waals surface area contributed by atoms with E-state index in [1.165, 1.54) is 11.1 Å². The number of hydrogen-bond acceptors (Lipinski definition) is 3. The quantitative estimate of drug-likeness (QED) is 0.770. The molecule has 0 saturated heterocycles. The summed E-state index contributed by atoms with van der Waals surface area (Å²) in [7, 11) is 2.11. The minimum Gasteiger partial charge on any atom is -0.296 e. The number of rotatable bonds is 5. The fourth-order valence-electron chi connectivity index (χ4n) is 2.84. The van der Waals surface area contributed by atoms with E-state index in [9.17, 15) is 0 Å². The molecule has 5 nitrogen and oxygen atoms in total. The van der Waals surface area contributed by atoms with Gasteiger partial charge >= 0.3 is 0 Å². The Morgan fingerprint density at radius 2 is 1.96 bits per heavy atom. The zero-order valence-electron chi connectivity index (χ0n) is 15.7. The van der Waals surface area contributed by atoms with Crippen LogP contribution in [0.3, 0.4) is 0 Å². The molecule has 0 aliphatic heterocycles. The summed E-state index contributed by atoms with van der Waals surface area (Å²) in [4.78, 5) is 2.26. The van der Waals surface area contributed by atoms with Gasteiger partial charge in [-0.15, -0.1) is 0 Å². The summed E-state index contributed by atoms with van der Waals surface area (Å²) in [5, 5.41) is 12.1. The summed E-state index contributed by atoms with van der Waals surface area (Å²) < 4.78 is 1.93. The summed E-state index contributed by atoms with van der Waals surface area (Å²) in [6.07, 6.45) is 4.03. The van der Waals surface area contributed by atoms with Crippen LogP contribution in [0.2, 0.25) is 0 Å². The minimum atomic E-state index is 0.0717. The first-order valence-electron chi connectivity index (χ1n) is 8.65. The van der Waals surface area contributed by atoms with Gasteiger partial charge in [0, 0.05) is 36.0 Å². The van der Waals surface area contributed by atoms with Crippen LogP contribution in [0.1, 0.15) is 43.3 Å². The maximum Gasteiger partial charge on any atom is 0.0678 e. The van der Waals surface area contributed by atoms with Crippen LogP contribution in [0.5, 0.6) is 0 Å². The molecule has 1 N–H and O–H groups in total. The molecule has 3 rings (SSSR count). The van der Waals surface area contributed by atoms with E-state index in [0.717, 1.165) is 30.2 Å². The van der Waals surface area contributed by atoms with Crippen LogP contribution in [-0.4, -0.2) is 31.9 Å². The van der Waals surface area contributed by atoms with Crippen LogP contribution in [-0.2, 0) is 18.5 Å². The van der Waals surface area contributed by atoms with Crippen molar-refractivity contribution in [1.82, 2.24) is 24.9 Å². The highest BCUT2D eigenvalue weighted by Crippen LogP contribution is 2.21. The predicted octanol–water partition coefficient (Wildman–Crippen LogP) is 3.83. The maximum absolute atomic E-state index is 4.49. The van der Waals surface area contributed by atoms with Crippen molar-refractivity contribution in [2.75, 3.05) is 7.05 Å². The third kappa shape index (κ3) is 4.37. The second-order valence-electron chi connectivity index (χ2n) is 7.83. The molecular formula is C20H27N5. The van der Waals surface area contributed by atoms with E-state index in [-0.39, 0.29) is 5.41 Å². The lowest BCUT2D eigenvalue weighted by Gasteiger charge is -2.15. The lowest BCUT2D eigenvalue weighted by Crippen LogP contribution is -2.17. The summed E-state index contributed by atoms with van der Waals surface area (Å²) in [5.74, 6) is 0. The number of nitrogens with zero attached hydrogens (tertiary/aromatic N) is 4. The van der Waals surface area contributed by atoms with Gasteiger partial charge in [-0.05, 0) is 37.7 Å². The molecule has 0 bridgehead atoms. The topological polar surface area (TPSA) is 49.7 Å². The van der Waals surface area contributed by atoms with Crippen molar-refractivity contribution < 1.29 is 0 Å². The van der Waals surface area contributed by atoms with E-state index in [2.05, 4.69) is 91.5 Å². The zero-order valence-corrected chi connectivity index (χ0v) is 15.7. The van der Waals surface area contributed by atoms with Crippen molar-refractivity contribution >= 4 is 0 Å². The van der Waals surface area contributed by atoms with Crippen LogP contribution in [0.25, 0.3) is 5.69 Å². The Labute approximate surface area is 149 Å². The van der Waals surface area contributed by atoms with Gasteiger partial charge in [-0.2, -0.15) is 10.2 Å². The van der Waals surface area contributed by atoms with Crippen molar-refractivity contribution in [1.29, 1.82) is 0 Å². The first-order chi connectivity index (χ1) is 11.8. The largest absolute Gasteiger partial charge is 0.296 e. The number of aryl methyl sites for hydroxylation is 1. The Bertz CT molecular complexity index is 838. The monoisotopic (exact) mass is 337 g/mol. The number of aromatic nitrogens is 4. The molecule has 0 saturated carbocycles. The molecule has 0 amide bonds. The standard InChI is InChI=1S/C20H27N5/c1-15-7-6-8-18(9-15)25-13-16(11-21-25)12-24(5)14-17-10-19(23-22-17)20(2,3)4/h6-11,13H,12,14H2,1-5H3,(H,22,23). The molecule has 0 spiro atoms. The van der Waals surface area contributed by atoms with Gasteiger partial charge in [0.05, 0.1) is 17.6 Å². The van der Waals surface area contributed by atoms with Crippen molar-refractivity contribution in [2.24, 2.45) is 0 Å². The number of hydrogen-bond donors (Lipinski definition) is 1. The van der Waals surface area contributed by atoms with E-state index < -0.39 is 0 Å². The van der Waals surface area contributed by atoms with Gasteiger partial charge in [0.25, 0.3) is 0 Å². The Morgan fingerprint density at radius 3 is 2.64 bits per heavy atom. The molecule has 0 fully saturated rings. The molecule has 5 heteroatoms. The lowest BCUT2D eigenvalue weighted by atomic mass is 9.92. The second-order valence-corrected chi connectivity index (χ2v) is 7.83. The first-order valence-corrected chi connectivity index (χ1v) is 8.65. The maximum atomic E-state index is 4.49. The van der Waals surface area contributed by atoms with E-state index in [1.54, 1.807) is 0 Å². The van der Waals surface area contributed by atoms with Crippen LogP contribution < -0.4 is 0 Å². The fraction of sp³-hybridized carbons (Fsp3) is 0.400. The molecule has 1 aromatic carbocycles. The molecule has 0 unspecified atom stereocenters. The molecule has 2 heterocycles. The Hall–Kier alpha value is -2.40. The Balaban J connectivity index is 1.64. The Morgan fingerprint density at radius 1 is 1.16 bits per heavy atom. The van der Waals surface area contributed by atoms with Crippen LogP contribution >= 0.6 is 0 Å². The number of nitrogens with one attached hydrogen (secondary N) is 1. The summed E-state index contributed by atoms with van der Waals surface area (Å²) in [6.45, 7) is 10.3. The van der Waals surface area contributed by atoms with E-state index in [1.807, 2.05) is 10.9 Å². The highest BCUT2D eigenvalue weighted by Gasteiger charge is 2.17. The highest BCUT2D eigenvalue weighted by molar-refractivity contribution is 5.35. The average molecular weight is 337 g/mol. The number of aromatic amines is 1. The van der Waals surface area contributed by atoms with E-state index in [4.69, 9.17) is 0 Å². The molecule has 2 aromatic heterocycles. The zero-order chi connectivity index (χ0) is 18.0. The van der Waals surface area contributed by atoms with E-state index in [0.29, 0.717) is 0 Å². The number of H-pyrrole nitrogens is 1. The summed E-state index contributed by atoms with van der Waals surface area (Å²) >= 11 is 0. The second kappa shape index (κ2) is 6.84. The third-order valence-corrected chi connectivity index (χ3v) is 4.19. The van der Waals surface area contributed by atoms with E-state index >= 15 is 0 Å². The molecule has 3 aromatic rings. The smallest absolute Gasteiger partial charge is 0.0678 e. The van der Waals surface area contributed by atoms with Crippen molar-refractivity contribution in [3.63, 3.8) is 0 Å². The average Bonchev–Trinajstić information content (AvgIpc) is 3.16. The van der Waals surface area contributed by atoms with Gasteiger partial charge in [-0.3, -0.25) is 10.00 Å². The summed E-state index contributed by atoms with van der Waals surface area (Å²) in [6, 6.07) is 10.5. The molecule has 0 aliphatic rings. The SMILES string of the molecule is Cc1cccc(-n2cc(CN(C)Cc3cc(C(C)(C)C)n[nH]3)cn2)c1. The molecule has 0 radical (unpaired) electrons.